The number of amides is 1. The van der Waals surface area contributed by atoms with Crippen LogP contribution in [0.1, 0.15) is 64.2 Å². The van der Waals surface area contributed by atoms with Crippen LogP contribution in [0.25, 0.3) is 0 Å². The quantitative estimate of drug-likeness (QED) is 0.802. The van der Waals surface area contributed by atoms with Gasteiger partial charge in [0.05, 0.1) is 6.10 Å². The maximum absolute atomic E-state index is 11.8. The number of nitrogens with one attached hydrogen (secondary N) is 1. The molecule has 1 atom stereocenters. The topological polar surface area (TPSA) is 64.3 Å². The Hall–Kier alpha value is -0.610. The lowest BCUT2D eigenvalue weighted by molar-refractivity contribution is -0.122. The van der Waals surface area contributed by atoms with Gasteiger partial charge in [-0.3, -0.25) is 4.79 Å². The van der Waals surface area contributed by atoms with E-state index in [4.69, 9.17) is 10.5 Å². The molecule has 1 aliphatic heterocycles. The van der Waals surface area contributed by atoms with Crippen molar-refractivity contribution >= 4 is 5.91 Å². The number of ether oxygens (including phenoxy) is 1. The minimum absolute atomic E-state index is 0.129. The van der Waals surface area contributed by atoms with Gasteiger partial charge in [-0.15, -0.1) is 0 Å². The average Bonchev–Trinajstić information content (AvgIpc) is 2.45. The monoisotopic (exact) mass is 268 g/mol. The van der Waals surface area contributed by atoms with E-state index in [9.17, 15) is 4.79 Å². The summed E-state index contributed by atoms with van der Waals surface area (Å²) < 4.78 is 5.64. The molecule has 1 saturated carbocycles. The Morgan fingerprint density at radius 2 is 2.00 bits per heavy atom. The number of carbonyl (C=O) groups excluding carboxylic acids is 1. The van der Waals surface area contributed by atoms with Crippen molar-refractivity contribution < 1.29 is 9.53 Å². The molecule has 0 aromatic heterocycles. The lowest BCUT2D eigenvalue weighted by Gasteiger charge is -2.33. The van der Waals surface area contributed by atoms with E-state index in [1.807, 2.05) is 0 Å². The molecule has 2 rings (SSSR count). The normalized spacial score (nSPS) is 26.9. The van der Waals surface area contributed by atoms with Gasteiger partial charge < -0.3 is 15.8 Å². The molecule has 2 aliphatic rings. The standard InChI is InChI=1S/C15H28N2O2/c16-15(9-3-1-4-10-15)12-17-14(18)8-7-13-6-2-5-11-19-13/h13H,1-12,16H2,(H,17,18). The second-order valence-corrected chi connectivity index (χ2v) is 6.23. The SMILES string of the molecule is NC1(CNC(=O)CCC2CCCCO2)CCCCC1. The zero-order valence-electron chi connectivity index (χ0n) is 12.0. The van der Waals surface area contributed by atoms with Crippen molar-refractivity contribution in [2.24, 2.45) is 5.73 Å². The van der Waals surface area contributed by atoms with E-state index in [-0.39, 0.29) is 11.4 Å². The molecule has 1 amide bonds. The Morgan fingerprint density at radius 1 is 1.21 bits per heavy atom. The van der Waals surface area contributed by atoms with E-state index in [2.05, 4.69) is 5.32 Å². The van der Waals surface area contributed by atoms with Crippen LogP contribution in [0.4, 0.5) is 0 Å². The highest BCUT2D eigenvalue weighted by atomic mass is 16.5. The van der Waals surface area contributed by atoms with Crippen LogP contribution in [0.3, 0.4) is 0 Å². The Labute approximate surface area is 116 Å². The van der Waals surface area contributed by atoms with Crippen molar-refractivity contribution in [1.29, 1.82) is 0 Å². The van der Waals surface area contributed by atoms with E-state index in [0.717, 1.165) is 32.3 Å². The molecular formula is C15H28N2O2. The van der Waals surface area contributed by atoms with Gasteiger partial charge in [0.2, 0.25) is 5.91 Å². The molecule has 3 N–H and O–H groups in total. The highest BCUT2D eigenvalue weighted by Gasteiger charge is 2.27. The molecule has 110 valence electrons. The van der Waals surface area contributed by atoms with Gasteiger partial charge in [0.1, 0.15) is 0 Å². The maximum atomic E-state index is 11.8. The molecule has 2 fully saturated rings. The minimum atomic E-state index is -0.157. The van der Waals surface area contributed by atoms with Crippen LogP contribution in [0.15, 0.2) is 0 Å². The number of hydrogen-bond acceptors (Lipinski definition) is 3. The molecule has 0 aromatic rings. The summed E-state index contributed by atoms with van der Waals surface area (Å²) in [7, 11) is 0. The van der Waals surface area contributed by atoms with E-state index in [0.29, 0.717) is 19.1 Å². The summed E-state index contributed by atoms with van der Waals surface area (Å²) in [6.07, 6.45) is 11.0. The van der Waals surface area contributed by atoms with Gasteiger partial charge in [-0.25, -0.2) is 0 Å². The van der Waals surface area contributed by atoms with E-state index >= 15 is 0 Å². The fourth-order valence-electron chi connectivity index (χ4n) is 3.12. The molecule has 4 nitrogen and oxygen atoms in total. The Balaban J connectivity index is 1.61. The molecule has 1 saturated heterocycles. The van der Waals surface area contributed by atoms with Gasteiger partial charge in [-0.1, -0.05) is 19.3 Å². The van der Waals surface area contributed by atoms with Crippen LogP contribution in [0, 0.1) is 0 Å². The van der Waals surface area contributed by atoms with Crippen LogP contribution in [-0.2, 0) is 9.53 Å². The van der Waals surface area contributed by atoms with Gasteiger partial charge in [0, 0.05) is 25.1 Å². The van der Waals surface area contributed by atoms with Crippen LogP contribution in [0.5, 0.6) is 0 Å². The van der Waals surface area contributed by atoms with Crippen molar-refractivity contribution in [3.05, 3.63) is 0 Å². The van der Waals surface area contributed by atoms with Crippen LogP contribution in [0.2, 0.25) is 0 Å². The molecule has 0 bridgehead atoms. The van der Waals surface area contributed by atoms with Gasteiger partial charge >= 0.3 is 0 Å². The lowest BCUT2D eigenvalue weighted by atomic mass is 9.82. The third-order valence-electron chi connectivity index (χ3n) is 4.45. The largest absolute Gasteiger partial charge is 0.378 e. The summed E-state index contributed by atoms with van der Waals surface area (Å²) in [6, 6.07) is 0. The molecule has 1 aliphatic carbocycles. The van der Waals surface area contributed by atoms with E-state index in [1.54, 1.807) is 0 Å². The first-order valence-corrected chi connectivity index (χ1v) is 7.85. The number of carbonyl (C=O) groups is 1. The molecule has 19 heavy (non-hydrogen) atoms. The zero-order valence-corrected chi connectivity index (χ0v) is 12.0. The Kier molecular flexibility index (Phi) is 5.64. The smallest absolute Gasteiger partial charge is 0.220 e. The van der Waals surface area contributed by atoms with E-state index in [1.165, 1.54) is 32.1 Å². The average molecular weight is 268 g/mol. The number of rotatable bonds is 5. The van der Waals surface area contributed by atoms with Crippen molar-refractivity contribution in [3.63, 3.8) is 0 Å². The molecular weight excluding hydrogens is 240 g/mol. The highest BCUT2D eigenvalue weighted by Crippen LogP contribution is 2.25. The second kappa shape index (κ2) is 7.25. The summed E-state index contributed by atoms with van der Waals surface area (Å²) in [5, 5.41) is 3.01. The molecule has 0 spiro atoms. The van der Waals surface area contributed by atoms with E-state index < -0.39 is 0 Å². The second-order valence-electron chi connectivity index (χ2n) is 6.23. The summed E-state index contributed by atoms with van der Waals surface area (Å²) in [5.41, 5.74) is 6.15. The summed E-state index contributed by atoms with van der Waals surface area (Å²) in [4.78, 5) is 11.8. The summed E-state index contributed by atoms with van der Waals surface area (Å²) in [6.45, 7) is 1.50. The first kappa shape index (κ1) is 14.8. The Morgan fingerprint density at radius 3 is 2.68 bits per heavy atom. The maximum Gasteiger partial charge on any atom is 0.220 e. The van der Waals surface area contributed by atoms with Gasteiger partial charge in [0.25, 0.3) is 0 Å². The fourth-order valence-corrected chi connectivity index (χ4v) is 3.12. The Bertz CT molecular complexity index is 282. The van der Waals surface area contributed by atoms with Gasteiger partial charge in [-0.2, -0.15) is 0 Å². The zero-order chi connectivity index (χ0) is 13.6. The molecule has 0 aromatic carbocycles. The summed E-state index contributed by atoms with van der Waals surface area (Å²) in [5.74, 6) is 0.129. The number of hydrogen-bond donors (Lipinski definition) is 2. The first-order valence-electron chi connectivity index (χ1n) is 7.85. The number of nitrogens with two attached hydrogens (primary N) is 1. The molecule has 4 heteroatoms. The third kappa shape index (κ3) is 5.11. The predicted octanol–water partition coefficient (Wildman–Crippen LogP) is 2.11. The first-order chi connectivity index (χ1) is 9.18. The molecule has 1 unspecified atom stereocenters. The van der Waals surface area contributed by atoms with Crippen molar-refractivity contribution in [3.8, 4) is 0 Å². The molecule has 0 radical (unpaired) electrons. The molecule has 1 heterocycles. The minimum Gasteiger partial charge on any atom is -0.378 e. The fraction of sp³-hybridized carbons (Fsp3) is 0.933. The van der Waals surface area contributed by atoms with Gasteiger partial charge in [0.15, 0.2) is 0 Å². The summed E-state index contributed by atoms with van der Waals surface area (Å²) >= 11 is 0. The van der Waals surface area contributed by atoms with Crippen molar-refractivity contribution in [2.45, 2.75) is 75.9 Å². The van der Waals surface area contributed by atoms with Crippen LogP contribution < -0.4 is 11.1 Å². The predicted molar refractivity (Wildman–Crippen MR) is 75.8 cm³/mol. The van der Waals surface area contributed by atoms with Crippen molar-refractivity contribution in [1.82, 2.24) is 5.32 Å². The third-order valence-corrected chi connectivity index (χ3v) is 4.45. The lowest BCUT2D eigenvalue weighted by Crippen LogP contribution is -2.51. The van der Waals surface area contributed by atoms with Crippen molar-refractivity contribution in [2.75, 3.05) is 13.2 Å². The van der Waals surface area contributed by atoms with Crippen LogP contribution in [-0.4, -0.2) is 30.7 Å². The highest BCUT2D eigenvalue weighted by molar-refractivity contribution is 5.75. The van der Waals surface area contributed by atoms with Gasteiger partial charge in [-0.05, 0) is 38.5 Å². The van der Waals surface area contributed by atoms with Crippen LogP contribution >= 0.6 is 0 Å².